The van der Waals surface area contributed by atoms with Crippen molar-refractivity contribution in [1.29, 1.82) is 0 Å². The highest BCUT2D eigenvalue weighted by Gasteiger charge is 2.18. The molecule has 0 radical (unpaired) electrons. The molecule has 0 N–H and O–H groups in total. The van der Waals surface area contributed by atoms with Crippen LogP contribution in [0.5, 0.6) is 0 Å². The van der Waals surface area contributed by atoms with Crippen molar-refractivity contribution in [2.75, 3.05) is 24.8 Å². The largest absolute Gasteiger partial charge is 0.452 e. The van der Waals surface area contributed by atoms with Crippen LogP contribution in [0.3, 0.4) is 0 Å². The van der Waals surface area contributed by atoms with Gasteiger partial charge in [-0.25, -0.2) is 4.79 Å². The fourth-order valence-corrected chi connectivity index (χ4v) is 2.71. The molecule has 120 valence electrons. The van der Waals surface area contributed by atoms with Gasteiger partial charge in [-0.05, 0) is 24.3 Å². The van der Waals surface area contributed by atoms with Gasteiger partial charge in [-0.15, -0.1) is 0 Å². The third kappa shape index (κ3) is 4.26. The molecule has 0 saturated heterocycles. The van der Waals surface area contributed by atoms with Crippen LogP contribution in [-0.4, -0.2) is 36.0 Å². The van der Waals surface area contributed by atoms with Gasteiger partial charge in [-0.3, -0.25) is 9.00 Å². The fourth-order valence-electron chi connectivity index (χ4n) is 1.98. The van der Waals surface area contributed by atoms with Gasteiger partial charge in [0.05, 0.1) is 21.3 Å². The van der Waals surface area contributed by atoms with E-state index in [0.29, 0.717) is 10.6 Å². The number of rotatable bonds is 5. The Morgan fingerprint density at radius 1 is 1.04 bits per heavy atom. The zero-order valence-corrected chi connectivity index (χ0v) is 13.7. The SMILES string of the molecule is CN(C(=O)COC(=O)c1ccccc1[S@](C)=O)c1ccccc1. The number of likely N-dealkylation sites (N-methyl/N-ethyl adjacent to an activating group) is 1. The van der Waals surface area contributed by atoms with Gasteiger partial charge < -0.3 is 9.64 Å². The Balaban J connectivity index is 2.02. The van der Waals surface area contributed by atoms with Gasteiger partial charge in [0, 0.05) is 19.0 Å². The molecule has 0 aromatic heterocycles. The first-order valence-electron chi connectivity index (χ1n) is 6.92. The highest BCUT2D eigenvalue weighted by Crippen LogP contribution is 2.15. The van der Waals surface area contributed by atoms with Crippen molar-refractivity contribution in [3.8, 4) is 0 Å². The Bertz CT molecular complexity index is 730. The van der Waals surface area contributed by atoms with E-state index in [1.54, 1.807) is 37.4 Å². The van der Waals surface area contributed by atoms with E-state index in [-0.39, 0.29) is 18.1 Å². The molecule has 1 amide bonds. The Morgan fingerprint density at radius 3 is 2.30 bits per heavy atom. The van der Waals surface area contributed by atoms with Crippen molar-refractivity contribution in [2.24, 2.45) is 0 Å². The molecule has 2 aromatic rings. The van der Waals surface area contributed by atoms with Gasteiger partial charge in [-0.2, -0.15) is 0 Å². The monoisotopic (exact) mass is 331 g/mol. The third-order valence-corrected chi connectivity index (χ3v) is 4.24. The van der Waals surface area contributed by atoms with Gasteiger partial charge in [-0.1, -0.05) is 30.3 Å². The molecular formula is C17H17NO4S. The summed E-state index contributed by atoms with van der Waals surface area (Å²) in [6.45, 7) is -0.380. The van der Waals surface area contributed by atoms with E-state index >= 15 is 0 Å². The smallest absolute Gasteiger partial charge is 0.339 e. The number of hydrogen-bond acceptors (Lipinski definition) is 4. The van der Waals surface area contributed by atoms with E-state index in [2.05, 4.69) is 0 Å². The minimum Gasteiger partial charge on any atom is -0.452 e. The second-order valence-electron chi connectivity index (χ2n) is 4.81. The first kappa shape index (κ1) is 16.9. The summed E-state index contributed by atoms with van der Waals surface area (Å²) in [6, 6.07) is 15.5. The second kappa shape index (κ2) is 7.69. The van der Waals surface area contributed by atoms with E-state index in [1.165, 1.54) is 17.2 Å². The number of esters is 1. The molecule has 0 saturated carbocycles. The average Bonchev–Trinajstić information content (AvgIpc) is 2.59. The van der Waals surface area contributed by atoms with E-state index < -0.39 is 16.8 Å². The summed E-state index contributed by atoms with van der Waals surface area (Å²) < 4.78 is 16.7. The number of nitrogens with zero attached hydrogens (tertiary/aromatic N) is 1. The van der Waals surface area contributed by atoms with Crippen LogP contribution in [0.1, 0.15) is 10.4 Å². The molecule has 5 nitrogen and oxygen atoms in total. The van der Waals surface area contributed by atoms with E-state index in [4.69, 9.17) is 4.74 Å². The van der Waals surface area contributed by atoms with Crippen LogP contribution in [-0.2, 0) is 20.3 Å². The zero-order chi connectivity index (χ0) is 16.8. The molecule has 0 bridgehead atoms. The van der Waals surface area contributed by atoms with Gasteiger partial charge >= 0.3 is 5.97 Å². The normalized spacial score (nSPS) is 11.6. The Hall–Kier alpha value is -2.47. The van der Waals surface area contributed by atoms with Crippen molar-refractivity contribution in [3.63, 3.8) is 0 Å². The maximum atomic E-state index is 12.1. The van der Waals surface area contributed by atoms with Crippen molar-refractivity contribution >= 4 is 28.4 Å². The number of carbonyl (C=O) groups is 2. The lowest BCUT2D eigenvalue weighted by Crippen LogP contribution is -2.31. The summed E-state index contributed by atoms with van der Waals surface area (Å²) in [6.07, 6.45) is 1.49. The van der Waals surface area contributed by atoms with Crippen LogP contribution in [0.2, 0.25) is 0 Å². The van der Waals surface area contributed by atoms with Gasteiger partial charge in [0.15, 0.2) is 6.61 Å². The summed E-state index contributed by atoms with van der Waals surface area (Å²) >= 11 is 0. The van der Waals surface area contributed by atoms with Crippen LogP contribution in [0.15, 0.2) is 59.5 Å². The molecule has 2 aromatic carbocycles. The molecule has 0 fully saturated rings. The predicted molar refractivity (Wildman–Crippen MR) is 88.9 cm³/mol. The molecule has 0 aliphatic carbocycles. The van der Waals surface area contributed by atoms with Crippen LogP contribution in [0.4, 0.5) is 5.69 Å². The Kier molecular flexibility index (Phi) is 5.65. The van der Waals surface area contributed by atoms with Crippen LogP contribution in [0, 0.1) is 0 Å². The maximum Gasteiger partial charge on any atom is 0.339 e. The Morgan fingerprint density at radius 2 is 1.65 bits per heavy atom. The van der Waals surface area contributed by atoms with Gasteiger partial charge in [0.1, 0.15) is 0 Å². The minimum atomic E-state index is -1.31. The minimum absolute atomic E-state index is 0.212. The Labute approximate surface area is 137 Å². The summed E-state index contributed by atoms with van der Waals surface area (Å²) in [5.41, 5.74) is 0.923. The predicted octanol–water partition coefficient (Wildman–Crippen LogP) is 2.24. The second-order valence-corrected chi connectivity index (χ2v) is 6.16. The van der Waals surface area contributed by atoms with Crippen LogP contribution in [0.25, 0.3) is 0 Å². The number of para-hydroxylation sites is 1. The fraction of sp³-hybridized carbons (Fsp3) is 0.176. The van der Waals surface area contributed by atoms with Crippen LogP contribution < -0.4 is 4.90 Å². The number of benzene rings is 2. The summed E-state index contributed by atoms with van der Waals surface area (Å²) in [5, 5.41) is 0. The molecule has 0 spiro atoms. The number of hydrogen-bond donors (Lipinski definition) is 0. The molecule has 0 unspecified atom stereocenters. The molecule has 1 atom stereocenters. The molecule has 23 heavy (non-hydrogen) atoms. The lowest BCUT2D eigenvalue weighted by atomic mass is 10.2. The van der Waals surface area contributed by atoms with E-state index in [9.17, 15) is 13.8 Å². The average molecular weight is 331 g/mol. The number of ether oxygens (including phenoxy) is 1. The lowest BCUT2D eigenvalue weighted by Gasteiger charge is -2.17. The number of amides is 1. The summed E-state index contributed by atoms with van der Waals surface area (Å²) in [4.78, 5) is 26.0. The molecule has 0 aliphatic rings. The molecule has 0 aliphatic heterocycles. The first-order chi connectivity index (χ1) is 11.0. The van der Waals surface area contributed by atoms with Crippen LogP contribution >= 0.6 is 0 Å². The molecule has 2 rings (SSSR count). The van der Waals surface area contributed by atoms with Crippen molar-refractivity contribution in [2.45, 2.75) is 4.90 Å². The standard InChI is InChI=1S/C17H17NO4S/c1-18(13-8-4-3-5-9-13)16(19)12-22-17(20)14-10-6-7-11-15(14)23(2)21/h3-11H,12H2,1-2H3/t23-/m0/s1. The quantitative estimate of drug-likeness (QED) is 0.788. The lowest BCUT2D eigenvalue weighted by molar-refractivity contribution is -0.121. The molecule has 6 heteroatoms. The summed E-state index contributed by atoms with van der Waals surface area (Å²) in [5.74, 6) is -1.01. The van der Waals surface area contributed by atoms with E-state index in [1.807, 2.05) is 18.2 Å². The highest BCUT2D eigenvalue weighted by molar-refractivity contribution is 7.84. The van der Waals surface area contributed by atoms with Crippen molar-refractivity contribution in [1.82, 2.24) is 0 Å². The topological polar surface area (TPSA) is 63.7 Å². The van der Waals surface area contributed by atoms with Crippen molar-refractivity contribution in [3.05, 3.63) is 60.2 Å². The van der Waals surface area contributed by atoms with Crippen molar-refractivity contribution < 1.29 is 18.5 Å². The van der Waals surface area contributed by atoms with Gasteiger partial charge in [0.25, 0.3) is 5.91 Å². The number of carbonyl (C=O) groups excluding carboxylic acids is 2. The molecule has 0 heterocycles. The van der Waals surface area contributed by atoms with Gasteiger partial charge in [0.2, 0.25) is 0 Å². The summed E-state index contributed by atoms with van der Waals surface area (Å²) in [7, 11) is 0.302. The zero-order valence-electron chi connectivity index (χ0n) is 12.9. The first-order valence-corrected chi connectivity index (χ1v) is 8.47. The van der Waals surface area contributed by atoms with E-state index in [0.717, 1.165) is 0 Å². The maximum absolute atomic E-state index is 12.1. The number of anilines is 1. The highest BCUT2D eigenvalue weighted by atomic mass is 32.2. The third-order valence-electron chi connectivity index (χ3n) is 3.26. The molecular weight excluding hydrogens is 314 g/mol.